The SMILES string of the molecule is CC(=O)Nc1ccc(C(=O)COC(=O)[C@H](C)N2C(=O)c3ccccc3C2=O)c(F)c1. The smallest absolute Gasteiger partial charge is 0.329 e. The van der Waals surface area contributed by atoms with Gasteiger partial charge in [-0.1, -0.05) is 12.1 Å². The molecular formula is C21H17FN2O6. The molecule has 1 aliphatic heterocycles. The third-order valence-electron chi connectivity index (χ3n) is 4.49. The summed E-state index contributed by atoms with van der Waals surface area (Å²) in [4.78, 5) is 61.1. The van der Waals surface area contributed by atoms with Gasteiger partial charge in [0, 0.05) is 12.6 Å². The van der Waals surface area contributed by atoms with Gasteiger partial charge in [0.2, 0.25) is 11.7 Å². The lowest BCUT2D eigenvalue weighted by molar-refractivity contribution is -0.146. The summed E-state index contributed by atoms with van der Waals surface area (Å²) in [6.45, 7) is 1.78. The maximum atomic E-state index is 14.1. The van der Waals surface area contributed by atoms with Crippen LogP contribution in [0.5, 0.6) is 0 Å². The molecule has 0 spiro atoms. The minimum atomic E-state index is -1.27. The largest absolute Gasteiger partial charge is 0.456 e. The predicted molar refractivity (Wildman–Crippen MR) is 102 cm³/mol. The summed E-state index contributed by atoms with van der Waals surface area (Å²) in [5.74, 6) is -4.35. The molecule has 0 saturated heterocycles. The minimum absolute atomic E-state index is 0.174. The fourth-order valence-electron chi connectivity index (χ4n) is 3.02. The summed E-state index contributed by atoms with van der Waals surface area (Å²) in [7, 11) is 0. The number of hydrogen-bond acceptors (Lipinski definition) is 6. The van der Waals surface area contributed by atoms with Crippen molar-refractivity contribution in [1.82, 2.24) is 4.90 Å². The van der Waals surface area contributed by atoms with Crippen molar-refractivity contribution in [2.75, 3.05) is 11.9 Å². The molecule has 1 N–H and O–H groups in total. The van der Waals surface area contributed by atoms with Crippen LogP contribution in [0.3, 0.4) is 0 Å². The monoisotopic (exact) mass is 412 g/mol. The van der Waals surface area contributed by atoms with Crippen molar-refractivity contribution in [3.8, 4) is 0 Å². The van der Waals surface area contributed by atoms with E-state index < -0.39 is 47.9 Å². The number of imide groups is 1. The molecule has 2 aromatic rings. The number of carbonyl (C=O) groups is 5. The van der Waals surface area contributed by atoms with Crippen LogP contribution in [0.4, 0.5) is 10.1 Å². The molecule has 0 bridgehead atoms. The number of fused-ring (bicyclic) bond motifs is 1. The second kappa shape index (κ2) is 8.24. The molecule has 1 heterocycles. The Kier molecular flexibility index (Phi) is 5.72. The molecule has 2 aromatic carbocycles. The lowest BCUT2D eigenvalue weighted by atomic mass is 10.1. The third-order valence-corrected chi connectivity index (χ3v) is 4.49. The van der Waals surface area contributed by atoms with Gasteiger partial charge in [0.05, 0.1) is 16.7 Å². The molecule has 0 saturated carbocycles. The predicted octanol–water partition coefficient (Wildman–Crippen LogP) is 2.19. The van der Waals surface area contributed by atoms with E-state index >= 15 is 0 Å². The molecule has 1 atom stereocenters. The molecule has 3 rings (SSSR count). The number of halogens is 1. The molecule has 0 aliphatic carbocycles. The zero-order valence-electron chi connectivity index (χ0n) is 16.1. The Morgan fingerprint density at radius 3 is 2.20 bits per heavy atom. The second-order valence-electron chi connectivity index (χ2n) is 6.61. The van der Waals surface area contributed by atoms with Crippen LogP contribution in [0.15, 0.2) is 42.5 Å². The number of nitrogens with one attached hydrogen (secondary N) is 1. The Morgan fingerprint density at radius 2 is 1.67 bits per heavy atom. The van der Waals surface area contributed by atoms with Crippen LogP contribution in [0.25, 0.3) is 0 Å². The molecule has 9 heteroatoms. The van der Waals surface area contributed by atoms with Gasteiger partial charge in [-0.25, -0.2) is 9.18 Å². The molecule has 0 radical (unpaired) electrons. The number of nitrogens with zero attached hydrogens (tertiary/aromatic N) is 1. The number of benzene rings is 2. The van der Waals surface area contributed by atoms with Gasteiger partial charge in [0.1, 0.15) is 11.9 Å². The molecule has 0 aromatic heterocycles. The average molecular weight is 412 g/mol. The summed E-state index contributed by atoms with van der Waals surface area (Å²) in [5, 5.41) is 2.38. The zero-order valence-corrected chi connectivity index (χ0v) is 16.1. The van der Waals surface area contributed by atoms with E-state index in [1.807, 2.05) is 0 Å². The topological polar surface area (TPSA) is 110 Å². The van der Waals surface area contributed by atoms with Crippen LogP contribution in [-0.2, 0) is 14.3 Å². The quantitative estimate of drug-likeness (QED) is 0.443. The number of Topliss-reactive ketones (excluding diaryl/α,β-unsaturated/α-hetero) is 1. The zero-order chi connectivity index (χ0) is 22.0. The van der Waals surface area contributed by atoms with Gasteiger partial charge in [-0.05, 0) is 37.3 Å². The van der Waals surface area contributed by atoms with Crippen molar-refractivity contribution in [3.05, 3.63) is 65.0 Å². The summed E-state index contributed by atoms with van der Waals surface area (Å²) in [5.41, 5.74) is 0.206. The van der Waals surface area contributed by atoms with Crippen molar-refractivity contribution in [2.24, 2.45) is 0 Å². The number of ether oxygens (including phenoxy) is 1. The van der Waals surface area contributed by atoms with E-state index in [-0.39, 0.29) is 22.4 Å². The number of rotatable bonds is 6. The van der Waals surface area contributed by atoms with Crippen LogP contribution in [0.2, 0.25) is 0 Å². The van der Waals surface area contributed by atoms with Crippen LogP contribution in [0.1, 0.15) is 44.9 Å². The molecule has 8 nitrogen and oxygen atoms in total. The number of carbonyl (C=O) groups excluding carboxylic acids is 5. The number of ketones is 1. The van der Waals surface area contributed by atoms with E-state index in [1.54, 1.807) is 12.1 Å². The van der Waals surface area contributed by atoms with E-state index in [4.69, 9.17) is 4.74 Å². The fourth-order valence-corrected chi connectivity index (χ4v) is 3.02. The summed E-state index contributed by atoms with van der Waals surface area (Å²) in [6, 6.07) is 8.34. The Bertz CT molecular complexity index is 1050. The van der Waals surface area contributed by atoms with Gasteiger partial charge < -0.3 is 10.1 Å². The summed E-state index contributed by atoms with van der Waals surface area (Å²) >= 11 is 0. The molecular weight excluding hydrogens is 395 g/mol. The first-order chi connectivity index (χ1) is 14.2. The lowest BCUT2D eigenvalue weighted by Crippen LogP contribution is -2.44. The summed E-state index contributed by atoms with van der Waals surface area (Å²) in [6.07, 6.45) is 0. The van der Waals surface area contributed by atoms with Crippen LogP contribution < -0.4 is 5.32 Å². The minimum Gasteiger partial charge on any atom is -0.456 e. The highest BCUT2D eigenvalue weighted by Crippen LogP contribution is 2.25. The molecule has 1 aliphatic rings. The first-order valence-electron chi connectivity index (χ1n) is 8.94. The van der Waals surface area contributed by atoms with E-state index in [0.29, 0.717) is 0 Å². The highest BCUT2D eigenvalue weighted by Gasteiger charge is 2.41. The lowest BCUT2D eigenvalue weighted by Gasteiger charge is -2.20. The number of hydrogen-bond donors (Lipinski definition) is 1. The highest BCUT2D eigenvalue weighted by atomic mass is 19.1. The Hall–Kier alpha value is -3.88. The van der Waals surface area contributed by atoms with E-state index in [0.717, 1.165) is 17.0 Å². The molecule has 0 unspecified atom stereocenters. The normalized spacial score (nSPS) is 13.6. The summed E-state index contributed by atoms with van der Waals surface area (Å²) < 4.78 is 19.0. The van der Waals surface area contributed by atoms with E-state index in [1.165, 1.54) is 32.0 Å². The second-order valence-corrected chi connectivity index (χ2v) is 6.61. The Morgan fingerprint density at radius 1 is 1.07 bits per heavy atom. The molecule has 154 valence electrons. The van der Waals surface area contributed by atoms with Gasteiger partial charge in [0.25, 0.3) is 11.8 Å². The molecule has 3 amide bonds. The van der Waals surface area contributed by atoms with Crippen LogP contribution in [-0.4, -0.2) is 47.0 Å². The van der Waals surface area contributed by atoms with Crippen LogP contribution >= 0.6 is 0 Å². The van der Waals surface area contributed by atoms with Crippen molar-refractivity contribution < 1.29 is 33.1 Å². The number of esters is 1. The number of anilines is 1. The van der Waals surface area contributed by atoms with Crippen molar-refractivity contribution in [3.63, 3.8) is 0 Å². The molecule has 0 fully saturated rings. The van der Waals surface area contributed by atoms with E-state index in [2.05, 4.69) is 5.32 Å². The van der Waals surface area contributed by atoms with Gasteiger partial charge in [0.15, 0.2) is 6.61 Å². The van der Waals surface area contributed by atoms with Crippen LogP contribution in [0, 0.1) is 5.82 Å². The van der Waals surface area contributed by atoms with Crippen molar-refractivity contribution in [2.45, 2.75) is 19.9 Å². The Labute approximate surface area is 170 Å². The standard InChI is InChI=1S/C21H17FN2O6/c1-11(24-19(27)14-5-3-4-6-15(14)20(24)28)21(29)30-10-18(26)16-8-7-13(9-17(16)22)23-12(2)25/h3-9,11H,10H2,1-2H3,(H,23,25)/t11-/m0/s1. The van der Waals surface area contributed by atoms with Gasteiger partial charge in [-0.2, -0.15) is 0 Å². The fraction of sp³-hybridized carbons (Fsp3) is 0.190. The van der Waals surface area contributed by atoms with Crippen molar-refractivity contribution >= 4 is 35.2 Å². The average Bonchev–Trinajstić information content (AvgIpc) is 2.95. The highest BCUT2D eigenvalue weighted by molar-refractivity contribution is 6.22. The third kappa shape index (κ3) is 3.95. The van der Waals surface area contributed by atoms with E-state index in [9.17, 15) is 28.4 Å². The number of amides is 3. The first-order valence-corrected chi connectivity index (χ1v) is 8.94. The maximum absolute atomic E-state index is 14.1. The van der Waals surface area contributed by atoms with Gasteiger partial charge in [-0.3, -0.25) is 24.1 Å². The Balaban J connectivity index is 1.64. The molecule has 30 heavy (non-hydrogen) atoms. The maximum Gasteiger partial charge on any atom is 0.329 e. The van der Waals surface area contributed by atoms with Gasteiger partial charge in [-0.15, -0.1) is 0 Å². The van der Waals surface area contributed by atoms with Crippen molar-refractivity contribution in [1.29, 1.82) is 0 Å². The van der Waals surface area contributed by atoms with Gasteiger partial charge >= 0.3 is 5.97 Å². The first kappa shape index (κ1) is 20.8.